The van der Waals surface area contributed by atoms with Crippen LogP contribution in [-0.2, 0) is 11.3 Å². The van der Waals surface area contributed by atoms with Gasteiger partial charge in [-0.1, -0.05) is 19.3 Å². The van der Waals surface area contributed by atoms with E-state index in [0.717, 1.165) is 13.1 Å². The van der Waals surface area contributed by atoms with Crippen LogP contribution < -0.4 is 5.56 Å². The lowest BCUT2D eigenvalue weighted by molar-refractivity contribution is -0.134. The van der Waals surface area contributed by atoms with Gasteiger partial charge in [0.15, 0.2) is 5.65 Å². The Morgan fingerprint density at radius 2 is 1.83 bits per heavy atom. The lowest BCUT2D eigenvalue weighted by atomic mass is 9.94. The van der Waals surface area contributed by atoms with E-state index in [0.29, 0.717) is 36.1 Å². The highest BCUT2D eigenvalue weighted by molar-refractivity contribution is 5.80. The number of fused-ring (bicyclic) bond motifs is 3. The van der Waals surface area contributed by atoms with Crippen molar-refractivity contribution >= 4 is 22.7 Å². The van der Waals surface area contributed by atoms with Crippen molar-refractivity contribution in [1.29, 1.82) is 0 Å². The first-order chi connectivity index (χ1) is 14.6. The molecular formula is C21H27N7O2. The van der Waals surface area contributed by atoms with Crippen molar-refractivity contribution in [2.45, 2.75) is 51.6 Å². The van der Waals surface area contributed by atoms with Crippen molar-refractivity contribution in [3.63, 3.8) is 0 Å². The zero-order chi connectivity index (χ0) is 20.7. The van der Waals surface area contributed by atoms with E-state index in [9.17, 15) is 9.59 Å². The molecule has 9 nitrogen and oxygen atoms in total. The summed E-state index contributed by atoms with van der Waals surface area (Å²) in [4.78, 5) is 35.0. The van der Waals surface area contributed by atoms with Crippen LogP contribution in [0.15, 0.2) is 23.1 Å². The van der Waals surface area contributed by atoms with Crippen molar-refractivity contribution in [3.05, 3.63) is 34.5 Å². The summed E-state index contributed by atoms with van der Waals surface area (Å²) < 4.78 is 3.14. The van der Waals surface area contributed by atoms with Crippen LogP contribution in [0.25, 0.3) is 16.8 Å². The maximum atomic E-state index is 13.1. The normalized spacial score (nSPS) is 19.0. The molecule has 5 rings (SSSR count). The van der Waals surface area contributed by atoms with Crippen LogP contribution in [0, 0.1) is 6.92 Å². The Kier molecular flexibility index (Phi) is 4.98. The first-order valence-electron chi connectivity index (χ1n) is 10.8. The fraction of sp³-hybridized carbons (Fsp3) is 0.571. The zero-order valence-corrected chi connectivity index (χ0v) is 17.3. The number of carbonyl (C=O) groups excluding carboxylic acids is 1. The number of rotatable bonds is 3. The molecule has 4 heterocycles. The second-order valence-corrected chi connectivity index (χ2v) is 8.35. The molecule has 9 heteroatoms. The van der Waals surface area contributed by atoms with E-state index in [1.807, 2.05) is 11.0 Å². The number of hydrogen-bond donors (Lipinski definition) is 0. The summed E-state index contributed by atoms with van der Waals surface area (Å²) >= 11 is 0. The molecular weight excluding hydrogens is 382 g/mol. The van der Waals surface area contributed by atoms with Gasteiger partial charge in [0, 0.05) is 38.4 Å². The van der Waals surface area contributed by atoms with Gasteiger partial charge in [0.05, 0.1) is 5.52 Å². The molecule has 0 N–H and O–H groups in total. The third-order valence-corrected chi connectivity index (χ3v) is 6.58. The van der Waals surface area contributed by atoms with Crippen molar-refractivity contribution < 1.29 is 4.79 Å². The van der Waals surface area contributed by atoms with Crippen molar-refractivity contribution in [1.82, 2.24) is 33.9 Å². The maximum absolute atomic E-state index is 13.1. The average Bonchev–Trinajstić information content (AvgIpc) is 3.19. The number of carbonyl (C=O) groups is 1. The molecule has 0 atom stereocenters. The van der Waals surface area contributed by atoms with Crippen LogP contribution >= 0.6 is 0 Å². The van der Waals surface area contributed by atoms with E-state index in [1.54, 1.807) is 23.6 Å². The average molecular weight is 409 g/mol. The van der Waals surface area contributed by atoms with Gasteiger partial charge in [0.2, 0.25) is 11.6 Å². The minimum absolute atomic E-state index is 0.00708. The fourth-order valence-electron chi connectivity index (χ4n) is 4.93. The first kappa shape index (κ1) is 19.2. The molecule has 0 unspecified atom stereocenters. The lowest BCUT2D eigenvalue weighted by Crippen LogP contribution is -2.53. The van der Waals surface area contributed by atoms with Crippen molar-refractivity contribution in [3.8, 4) is 0 Å². The SMILES string of the molecule is Cc1nnc2c(=O)n(CC(=O)N3CCN(C4CCCCC4)CC3)c3cccnc3n12. The second kappa shape index (κ2) is 7.79. The molecule has 0 spiro atoms. The molecule has 30 heavy (non-hydrogen) atoms. The van der Waals surface area contributed by atoms with Crippen LogP contribution in [0.1, 0.15) is 37.9 Å². The molecule has 0 radical (unpaired) electrons. The molecule has 1 saturated heterocycles. The van der Waals surface area contributed by atoms with E-state index < -0.39 is 0 Å². The van der Waals surface area contributed by atoms with E-state index in [4.69, 9.17) is 0 Å². The number of piperazine rings is 1. The Balaban J connectivity index is 1.37. The van der Waals surface area contributed by atoms with Crippen LogP contribution in [0.4, 0.5) is 0 Å². The highest BCUT2D eigenvalue weighted by Crippen LogP contribution is 2.23. The minimum Gasteiger partial charge on any atom is -0.339 e. The Morgan fingerprint density at radius 1 is 1.07 bits per heavy atom. The number of nitrogens with zero attached hydrogens (tertiary/aromatic N) is 7. The smallest absolute Gasteiger partial charge is 0.297 e. The van der Waals surface area contributed by atoms with Gasteiger partial charge in [-0.2, -0.15) is 0 Å². The molecule has 3 aromatic heterocycles. The number of aromatic nitrogens is 5. The molecule has 1 aliphatic carbocycles. The Labute approximate surface area is 174 Å². The summed E-state index contributed by atoms with van der Waals surface area (Å²) in [6, 6.07) is 4.26. The Hall–Kier alpha value is -2.81. The van der Waals surface area contributed by atoms with Gasteiger partial charge in [0.25, 0.3) is 5.56 Å². The molecule has 1 saturated carbocycles. The molecule has 2 aliphatic rings. The molecule has 1 amide bonds. The van der Waals surface area contributed by atoms with Gasteiger partial charge in [-0.3, -0.25) is 23.5 Å². The van der Waals surface area contributed by atoms with E-state index in [2.05, 4.69) is 20.1 Å². The van der Waals surface area contributed by atoms with Crippen molar-refractivity contribution in [2.24, 2.45) is 0 Å². The number of hydrogen-bond acceptors (Lipinski definition) is 6. The Bertz CT molecular complexity index is 1140. The second-order valence-electron chi connectivity index (χ2n) is 8.35. The highest BCUT2D eigenvalue weighted by Gasteiger charge is 2.27. The van der Waals surface area contributed by atoms with E-state index >= 15 is 0 Å². The third-order valence-electron chi connectivity index (χ3n) is 6.58. The van der Waals surface area contributed by atoms with E-state index in [-0.39, 0.29) is 23.7 Å². The summed E-state index contributed by atoms with van der Waals surface area (Å²) in [7, 11) is 0. The van der Waals surface area contributed by atoms with Crippen molar-refractivity contribution in [2.75, 3.05) is 26.2 Å². The zero-order valence-electron chi connectivity index (χ0n) is 17.3. The van der Waals surface area contributed by atoms with Gasteiger partial charge in [-0.25, -0.2) is 4.98 Å². The van der Waals surface area contributed by atoms with Gasteiger partial charge in [0.1, 0.15) is 12.4 Å². The largest absolute Gasteiger partial charge is 0.339 e. The molecule has 158 valence electrons. The lowest BCUT2D eigenvalue weighted by Gasteiger charge is -2.40. The number of aryl methyl sites for hydroxylation is 1. The summed E-state index contributed by atoms with van der Waals surface area (Å²) in [5, 5.41) is 8.05. The maximum Gasteiger partial charge on any atom is 0.297 e. The molecule has 2 fully saturated rings. The molecule has 0 aromatic carbocycles. The molecule has 0 bridgehead atoms. The summed E-state index contributed by atoms with van der Waals surface area (Å²) in [5.74, 6) is 0.564. The monoisotopic (exact) mass is 409 g/mol. The minimum atomic E-state index is -0.315. The van der Waals surface area contributed by atoms with Gasteiger partial charge < -0.3 is 4.90 Å². The van der Waals surface area contributed by atoms with Crippen LogP contribution in [0.2, 0.25) is 0 Å². The third kappa shape index (κ3) is 3.27. The topological polar surface area (TPSA) is 88.6 Å². The van der Waals surface area contributed by atoms with Crippen LogP contribution in [-0.4, -0.2) is 72.1 Å². The van der Waals surface area contributed by atoms with Crippen LogP contribution in [0.5, 0.6) is 0 Å². The Morgan fingerprint density at radius 3 is 2.60 bits per heavy atom. The highest BCUT2D eigenvalue weighted by atomic mass is 16.2. The summed E-state index contributed by atoms with van der Waals surface area (Å²) in [6.45, 7) is 5.03. The van der Waals surface area contributed by atoms with Crippen LogP contribution in [0.3, 0.4) is 0 Å². The fourth-order valence-corrected chi connectivity index (χ4v) is 4.93. The quantitative estimate of drug-likeness (QED) is 0.646. The molecule has 3 aromatic rings. The van der Waals surface area contributed by atoms with Gasteiger partial charge in [-0.15, -0.1) is 10.2 Å². The van der Waals surface area contributed by atoms with E-state index in [1.165, 1.54) is 36.7 Å². The van der Waals surface area contributed by atoms with Gasteiger partial charge >= 0.3 is 0 Å². The summed E-state index contributed by atoms with van der Waals surface area (Å²) in [5.41, 5.74) is 1.09. The predicted molar refractivity (Wildman–Crippen MR) is 112 cm³/mol. The number of amides is 1. The molecule has 1 aliphatic heterocycles. The predicted octanol–water partition coefficient (Wildman–Crippen LogP) is 1.22. The summed E-state index contributed by atoms with van der Waals surface area (Å²) in [6.07, 6.45) is 8.21. The van der Waals surface area contributed by atoms with Gasteiger partial charge in [-0.05, 0) is 31.9 Å². The first-order valence-corrected chi connectivity index (χ1v) is 10.8. The standard InChI is InChI=1S/C21H27N7O2/c1-15-23-24-20-21(30)27(17-8-5-9-22-19(17)28(15)20)14-18(29)26-12-10-25(11-13-26)16-6-3-2-4-7-16/h5,8-9,16H,2-4,6-7,10-14H2,1H3. The number of pyridine rings is 1.